The molecular weight excluding hydrogens is 330 g/mol. The van der Waals surface area contributed by atoms with Gasteiger partial charge in [0.2, 0.25) is 5.91 Å². The van der Waals surface area contributed by atoms with E-state index in [1.165, 1.54) is 0 Å². The fourth-order valence-corrected chi connectivity index (χ4v) is 3.99. The van der Waals surface area contributed by atoms with Crippen LogP contribution in [-0.2, 0) is 16.0 Å². The summed E-state index contributed by atoms with van der Waals surface area (Å²) in [5.41, 5.74) is 6.97. The Balaban J connectivity index is 1.53. The molecule has 3 rings (SSSR count). The van der Waals surface area contributed by atoms with E-state index in [9.17, 15) is 9.59 Å². The van der Waals surface area contributed by atoms with E-state index >= 15 is 0 Å². The Morgan fingerprint density at radius 2 is 2.04 bits per heavy atom. The van der Waals surface area contributed by atoms with Gasteiger partial charge in [-0.25, -0.2) is 0 Å². The predicted molar refractivity (Wildman–Crippen MR) is 96.0 cm³/mol. The highest BCUT2D eigenvalue weighted by Crippen LogP contribution is 2.31. The third kappa shape index (κ3) is 4.23. The minimum atomic E-state index is -0.266. The maximum atomic E-state index is 12.7. The lowest BCUT2D eigenvalue weighted by atomic mass is 9.86. The van der Waals surface area contributed by atoms with Gasteiger partial charge >= 0.3 is 0 Å². The fraction of sp³-hybridized carbons (Fsp3) is 0.550. The number of carbonyl (C=O) groups excluding carboxylic acids is 2. The van der Waals surface area contributed by atoms with Crippen molar-refractivity contribution in [3.8, 4) is 6.07 Å². The summed E-state index contributed by atoms with van der Waals surface area (Å²) in [6, 6.07) is 9.41. The van der Waals surface area contributed by atoms with Gasteiger partial charge in [-0.2, -0.15) is 5.26 Å². The first-order chi connectivity index (χ1) is 12.6. The third-order valence-electron chi connectivity index (χ3n) is 5.50. The van der Waals surface area contributed by atoms with Gasteiger partial charge in [-0.05, 0) is 49.3 Å². The van der Waals surface area contributed by atoms with Crippen LogP contribution in [0.5, 0.6) is 0 Å². The van der Waals surface area contributed by atoms with Crippen LogP contribution >= 0.6 is 0 Å². The molecule has 2 atom stereocenters. The zero-order chi connectivity index (χ0) is 18.5. The van der Waals surface area contributed by atoms with Crippen LogP contribution < -0.4 is 5.73 Å². The molecule has 1 aromatic rings. The monoisotopic (exact) mass is 355 g/mol. The van der Waals surface area contributed by atoms with E-state index in [1.807, 2.05) is 23.1 Å². The number of hydrogen-bond donors (Lipinski definition) is 1. The number of likely N-dealkylation sites (tertiary alicyclic amines) is 1. The molecule has 2 aliphatic rings. The minimum absolute atomic E-state index is 0.0235. The Labute approximate surface area is 153 Å². The second-order valence-electron chi connectivity index (χ2n) is 7.21. The van der Waals surface area contributed by atoms with Gasteiger partial charge in [-0.1, -0.05) is 12.1 Å². The Bertz CT molecular complexity index is 704. The second-order valence-corrected chi connectivity index (χ2v) is 7.21. The molecule has 0 unspecified atom stereocenters. The van der Waals surface area contributed by atoms with Gasteiger partial charge in [-0.3, -0.25) is 9.59 Å². The summed E-state index contributed by atoms with van der Waals surface area (Å²) in [6.07, 6.45) is 3.63. The predicted octanol–water partition coefficient (Wildman–Crippen LogP) is 1.89. The number of carbonyl (C=O) groups is 2. The van der Waals surface area contributed by atoms with Gasteiger partial charge in [0.25, 0.3) is 5.91 Å². The first-order valence-electron chi connectivity index (χ1n) is 9.24. The van der Waals surface area contributed by atoms with Gasteiger partial charge in [0, 0.05) is 25.3 Å². The van der Waals surface area contributed by atoms with Crippen molar-refractivity contribution in [3.05, 3.63) is 35.4 Å². The number of ether oxygens (including phenoxy) is 1. The summed E-state index contributed by atoms with van der Waals surface area (Å²) in [5, 5.41) is 8.81. The highest BCUT2D eigenvalue weighted by molar-refractivity contribution is 5.94. The van der Waals surface area contributed by atoms with Gasteiger partial charge in [0.15, 0.2) is 0 Å². The van der Waals surface area contributed by atoms with E-state index in [4.69, 9.17) is 15.7 Å². The third-order valence-corrected chi connectivity index (χ3v) is 5.50. The Morgan fingerprint density at radius 3 is 2.73 bits per heavy atom. The smallest absolute Gasteiger partial charge is 0.253 e. The molecular formula is C20H25N3O3. The van der Waals surface area contributed by atoms with E-state index < -0.39 is 0 Å². The van der Waals surface area contributed by atoms with Gasteiger partial charge < -0.3 is 15.4 Å². The number of amides is 2. The number of nitrogens with two attached hydrogens (primary N) is 1. The zero-order valence-electron chi connectivity index (χ0n) is 14.9. The Hall–Kier alpha value is -2.39. The molecule has 26 heavy (non-hydrogen) atoms. The summed E-state index contributed by atoms with van der Waals surface area (Å²) in [4.78, 5) is 26.1. The highest BCUT2D eigenvalue weighted by Gasteiger charge is 2.35. The highest BCUT2D eigenvalue weighted by atomic mass is 16.5. The van der Waals surface area contributed by atoms with Gasteiger partial charge in [-0.15, -0.1) is 0 Å². The Morgan fingerprint density at radius 1 is 1.27 bits per heavy atom. The lowest BCUT2D eigenvalue weighted by Gasteiger charge is -2.33. The fourth-order valence-electron chi connectivity index (χ4n) is 3.99. The number of primary amides is 1. The van der Waals surface area contributed by atoms with Crippen LogP contribution in [0.15, 0.2) is 24.3 Å². The summed E-state index contributed by atoms with van der Waals surface area (Å²) in [6.45, 7) is 2.02. The number of nitriles is 1. The van der Waals surface area contributed by atoms with E-state index in [-0.39, 0.29) is 23.8 Å². The summed E-state index contributed by atoms with van der Waals surface area (Å²) in [7, 11) is 0. The molecule has 0 bridgehead atoms. The molecule has 2 saturated heterocycles. The lowest BCUT2D eigenvalue weighted by Crippen LogP contribution is -2.40. The summed E-state index contributed by atoms with van der Waals surface area (Å²) >= 11 is 0. The molecule has 2 aliphatic heterocycles. The van der Waals surface area contributed by atoms with Crippen molar-refractivity contribution in [1.82, 2.24) is 4.90 Å². The van der Waals surface area contributed by atoms with Crippen molar-refractivity contribution in [1.29, 1.82) is 5.26 Å². The number of hydrogen-bond acceptors (Lipinski definition) is 4. The lowest BCUT2D eigenvalue weighted by molar-refractivity contribution is -0.123. The van der Waals surface area contributed by atoms with Gasteiger partial charge in [0.05, 0.1) is 24.5 Å². The standard InChI is InChI=1S/C20H25N3O3/c21-8-4-14-2-1-3-16(12-14)20(25)23-9-5-15(6-10-23)13-18-17(19(22)24)7-11-26-18/h1-3,12,15,17-18H,4-7,9-11,13H2,(H2,22,24)/t17-,18-/m1/s1. The quantitative estimate of drug-likeness (QED) is 0.872. The van der Waals surface area contributed by atoms with Crippen molar-refractivity contribution < 1.29 is 14.3 Å². The molecule has 2 heterocycles. The van der Waals surface area contributed by atoms with Crippen LogP contribution in [0.25, 0.3) is 0 Å². The molecule has 1 aromatic carbocycles. The van der Waals surface area contributed by atoms with Crippen molar-refractivity contribution in [2.75, 3.05) is 19.7 Å². The maximum Gasteiger partial charge on any atom is 0.253 e. The number of nitrogens with zero attached hydrogens (tertiary/aromatic N) is 2. The van der Waals surface area contributed by atoms with Crippen molar-refractivity contribution in [3.63, 3.8) is 0 Å². The Kier molecular flexibility index (Phi) is 5.89. The molecule has 2 amide bonds. The first kappa shape index (κ1) is 18.4. The van der Waals surface area contributed by atoms with Crippen molar-refractivity contribution in [2.24, 2.45) is 17.6 Å². The van der Waals surface area contributed by atoms with Crippen LogP contribution in [0.4, 0.5) is 0 Å². The van der Waals surface area contributed by atoms with Crippen molar-refractivity contribution in [2.45, 2.75) is 38.2 Å². The maximum absolute atomic E-state index is 12.7. The van der Waals surface area contributed by atoms with E-state index in [2.05, 4.69) is 6.07 Å². The van der Waals surface area contributed by atoms with E-state index in [0.717, 1.165) is 31.2 Å². The average Bonchev–Trinajstić information content (AvgIpc) is 3.11. The summed E-state index contributed by atoms with van der Waals surface area (Å²) < 4.78 is 5.70. The first-order valence-corrected chi connectivity index (χ1v) is 9.24. The molecule has 0 spiro atoms. The number of benzene rings is 1. The topological polar surface area (TPSA) is 96.4 Å². The molecule has 0 aromatic heterocycles. The SMILES string of the molecule is N#CCc1cccc(C(=O)N2CCC(C[C@H]3OCC[C@H]3C(N)=O)CC2)c1. The zero-order valence-corrected chi connectivity index (χ0v) is 14.9. The molecule has 2 fully saturated rings. The van der Waals surface area contributed by atoms with Crippen LogP contribution in [0.1, 0.15) is 41.6 Å². The van der Waals surface area contributed by atoms with Crippen LogP contribution in [0, 0.1) is 23.2 Å². The molecule has 0 saturated carbocycles. The minimum Gasteiger partial charge on any atom is -0.377 e. The second kappa shape index (κ2) is 8.33. The largest absolute Gasteiger partial charge is 0.377 e. The molecule has 0 radical (unpaired) electrons. The number of rotatable bonds is 5. The van der Waals surface area contributed by atoms with Crippen LogP contribution in [-0.4, -0.2) is 42.5 Å². The van der Waals surface area contributed by atoms with Crippen molar-refractivity contribution >= 4 is 11.8 Å². The average molecular weight is 355 g/mol. The van der Waals surface area contributed by atoms with Crippen LogP contribution in [0.2, 0.25) is 0 Å². The molecule has 2 N–H and O–H groups in total. The van der Waals surface area contributed by atoms with E-state index in [1.54, 1.807) is 6.07 Å². The molecule has 6 heteroatoms. The summed E-state index contributed by atoms with van der Waals surface area (Å²) in [5.74, 6) is 0.0409. The molecule has 138 valence electrons. The number of piperidine rings is 1. The van der Waals surface area contributed by atoms with Gasteiger partial charge in [0.1, 0.15) is 0 Å². The van der Waals surface area contributed by atoms with Crippen LogP contribution in [0.3, 0.4) is 0 Å². The molecule has 6 nitrogen and oxygen atoms in total. The van der Waals surface area contributed by atoms with E-state index in [0.29, 0.717) is 37.6 Å². The normalized spacial score (nSPS) is 23.6. The molecule has 0 aliphatic carbocycles.